The summed E-state index contributed by atoms with van der Waals surface area (Å²) in [5.74, 6) is -0.224. The number of benzene rings is 1. The van der Waals surface area contributed by atoms with Crippen molar-refractivity contribution in [3.63, 3.8) is 0 Å². The second-order valence-corrected chi connectivity index (χ2v) is 4.66. The SMILES string of the molecule is Cc1cccc(NC(=O)[C@@H]2CC(=O)Nc3ncnn32)c1. The number of amides is 2. The third-order valence-corrected chi connectivity index (χ3v) is 3.09. The number of carbonyl (C=O) groups excluding carboxylic acids is 2. The third kappa shape index (κ3) is 2.25. The van der Waals surface area contributed by atoms with Crippen molar-refractivity contribution in [2.45, 2.75) is 19.4 Å². The average Bonchev–Trinajstić information content (AvgIpc) is 2.85. The van der Waals surface area contributed by atoms with E-state index in [2.05, 4.69) is 20.7 Å². The molecular formula is C13H13N5O2. The zero-order valence-corrected chi connectivity index (χ0v) is 10.8. The highest BCUT2D eigenvalue weighted by atomic mass is 16.2. The molecule has 2 amide bonds. The lowest BCUT2D eigenvalue weighted by Gasteiger charge is -2.22. The molecule has 102 valence electrons. The maximum absolute atomic E-state index is 12.3. The molecule has 0 bridgehead atoms. The van der Waals surface area contributed by atoms with Gasteiger partial charge < -0.3 is 5.32 Å². The summed E-state index contributed by atoms with van der Waals surface area (Å²) in [5.41, 5.74) is 1.74. The number of hydrogen-bond donors (Lipinski definition) is 2. The first kappa shape index (κ1) is 12.3. The van der Waals surface area contributed by atoms with E-state index in [1.165, 1.54) is 11.0 Å². The second-order valence-electron chi connectivity index (χ2n) is 4.66. The minimum atomic E-state index is -0.679. The number of rotatable bonds is 2. The van der Waals surface area contributed by atoms with Crippen molar-refractivity contribution in [1.82, 2.24) is 14.8 Å². The molecular weight excluding hydrogens is 258 g/mol. The predicted octanol–water partition coefficient (Wildman–Crippen LogP) is 1.11. The Morgan fingerprint density at radius 3 is 3.15 bits per heavy atom. The van der Waals surface area contributed by atoms with Crippen molar-refractivity contribution in [3.8, 4) is 0 Å². The van der Waals surface area contributed by atoms with Crippen LogP contribution in [0.25, 0.3) is 0 Å². The van der Waals surface area contributed by atoms with Crippen LogP contribution in [-0.2, 0) is 9.59 Å². The topological polar surface area (TPSA) is 88.9 Å². The van der Waals surface area contributed by atoms with Crippen LogP contribution in [-0.4, -0.2) is 26.6 Å². The van der Waals surface area contributed by atoms with Crippen LogP contribution in [0.1, 0.15) is 18.0 Å². The molecule has 0 aliphatic carbocycles. The van der Waals surface area contributed by atoms with Gasteiger partial charge in [-0.25, -0.2) is 4.68 Å². The van der Waals surface area contributed by atoms with E-state index in [1.807, 2.05) is 25.1 Å². The van der Waals surface area contributed by atoms with Crippen LogP contribution < -0.4 is 10.6 Å². The highest BCUT2D eigenvalue weighted by molar-refractivity contribution is 6.00. The van der Waals surface area contributed by atoms with Gasteiger partial charge in [-0.15, -0.1) is 0 Å². The number of carbonyl (C=O) groups is 2. The van der Waals surface area contributed by atoms with Gasteiger partial charge in [0.15, 0.2) is 0 Å². The van der Waals surface area contributed by atoms with E-state index < -0.39 is 6.04 Å². The molecule has 7 nitrogen and oxygen atoms in total. The van der Waals surface area contributed by atoms with Crippen molar-refractivity contribution >= 4 is 23.5 Å². The van der Waals surface area contributed by atoms with Crippen molar-refractivity contribution in [2.75, 3.05) is 10.6 Å². The predicted molar refractivity (Wildman–Crippen MR) is 72.1 cm³/mol. The molecule has 0 radical (unpaired) electrons. The van der Waals surface area contributed by atoms with Gasteiger partial charge in [-0.05, 0) is 24.6 Å². The monoisotopic (exact) mass is 271 g/mol. The molecule has 2 heterocycles. The fourth-order valence-corrected chi connectivity index (χ4v) is 2.16. The van der Waals surface area contributed by atoms with Crippen molar-refractivity contribution in [1.29, 1.82) is 0 Å². The van der Waals surface area contributed by atoms with Gasteiger partial charge in [0.2, 0.25) is 17.8 Å². The quantitative estimate of drug-likeness (QED) is 0.856. The van der Waals surface area contributed by atoms with E-state index in [0.717, 1.165) is 5.56 Å². The first-order valence-corrected chi connectivity index (χ1v) is 6.20. The number of fused-ring (bicyclic) bond motifs is 1. The Morgan fingerprint density at radius 1 is 1.50 bits per heavy atom. The molecule has 1 aliphatic rings. The number of anilines is 2. The zero-order chi connectivity index (χ0) is 14.1. The maximum atomic E-state index is 12.3. The summed E-state index contributed by atoms with van der Waals surface area (Å²) in [7, 11) is 0. The molecule has 0 saturated heterocycles. The second kappa shape index (κ2) is 4.76. The lowest BCUT2D eigenvalue weighted by molar-refractivity contribution is -0.125. The Morgan fingerprint density at radius 2 is 2.35 bits per heavy atom. The fraction of sp³-hybridized carbons (Fsp3) is 0.231. The first-order chi connectivity index (χ1) is 9.63. The Bertz CT molecular complexity index is 679. The highest BCUT2D eigenvalue weighted by Crippen LogP contribution is 2.23. The summed E-state index contributed by atoms with van der Waals surface area (Å²) in [6.45, 7) is 1.94. The van der Waals surface area contributed by atoms with Crippen LogP contribution in [0.2, 0.25) is 0 Å². The van der Waals surface area contributed by atoms with E-state index in [1.54, 1.807) is 6.07 Å². The van der Waals surface area contributed by atoms with Gasteiger partial charge in [-0.3, -0.25) is 14.9 Å². The summed E-state index contributed by atoms with van der Waals surface area (Å²) >= 11 is 0. The zero-order valence-electron chi connectivity index (χ0n) is 10.8. The molecule has 2 aromatic rings. The van der Waals surface area contributed by atoms with Gasteiger partial charge in [-0.1, -0.05) is 12.1 Å². The maximum Gasteiger partial charge on any atom is 0.249 e. The summed E-state index contributed by atoms with van der Waals surface area (Å²) in [4.78, 5) is 27.8. The van der Waals surface area contributed by atoms with Gasteiger partial charge in [0.25, 0.3) is 0 Å². The molecule has 2 N–H and O–H groups in total. The normalized spacial score (nSPS) is 17.2. The first-order valence-electron chi connectivity index (χ1n) is 6.20. The largest absolute Gasteiger partial charge is 0.324 e. The highest BCUT2D eigenvalue weighted by Gasteiger charge is 2.31. The Kier molecular flexibility index (Phi) is 2.94. The molecule has 1 atom stereocenters. The van der Waals surface area contributed by atoms with Crippen molar-refractivity contribution in [2.24, 2.45) is 0 Å². The summed E-state index contributed by atoms with van der Waals surface area (Å²) in [6, 6.07) is 6.79. The fourth-order valence-electron chi connectivity index (χ4n) is 2.16. The molecule has 3 rings (SSSR count). The summed E-state index contributed by atoms with van der Waals surface area (Å²) in [5, 5.41) is 9.35. The van der Waals surface area contributed by atoms with E-state index in [9.17, 15) is 9.59 Å². The van der Waals surface area contributed by atoms with Gasteiger partial charge in [0.05, 0.1) is 6.42 Å². The number of aromatic nitrogens is 3. The molecule has 0 fully saturated rings. The van der Waals surface area contributed by atoms with Gasteiger partial charge >= 0.3 is 0 Å². The van der Waals surface area contributed by atoms with E-state index >= 15 is 0 Å². The van der Waals surface area contributed by atoms with Gasteiger partial charge in [0.1, 0.15) is 12.4 Å². The lowest BCUT2D eigenvalue weighted by Crippen LogP contribution is -2.36. The van der Waals surface area contributed by atoms with Crippen molar-refractivity contribution in [3.05, 3.63) is 36.2 Å². The number of aryl methyl sites for hydroxylation is 1. The lowest BCUT2D eigenvalue weighted by atomic mass is 10.1. The van der Waals surface area contributed by atoms with Crippen LogP contribution in [0.4, 0.5) is 11.6 Å². The van der Waals surface area contributed by atoms with Crippen molar-refractivity contribution < 1.29 is 9.59 Å². The van der Waals surface area contributed by atoms with E-state index in [0.29, 0.717) is 11.6 Å². The minimum absolute atomic E-state index is 0.0496. The Balaban J connectivity index is 1.83. The average molecular weight is 271 g/mol. The standard InChI is InChI=1S/C13H13N5O2/c1-8-3-2-4-9(5-8)16-12(20)10-6-11(19)17-13-14-7-15-18(10)13/h2-5,7,10H,6H2,1H3,(H,16,20)(H,14,15,17,19)/t10-/m0/s1. The van der Waals surface area contributed by atoms with Crippen LogP contribution in [0.3, 0.4) is 0 Å². The van der Waals surface area contributed by atoms with E-state index in [4.69, 9.17) is 0 Å². The van der Waals surface area contributed by atoms with Crippen LogP contribution in [0.5, 0.6) is 0 Å². The summed E-state index contributed by atoms with van der Waals surface area (Å²) < 4.78 is 1.42. The number of hydrogen-bond acceptors (Lipinski definition) is 4. The molecule has 0 spiro atoms. The molecule has 1 aromatic heterocycles. The minimum Gasteiger partial charge on any atom is -0.324 e. The Hall–Kier alpha value is -2.70. The summed E-state index contributed by atoms with van der Waals surface area (Å²) in [6.07, 6.45) is 1.36. The third-order valence-electron chi connectivity index (χ3n) is 3.09. The molecule has 20 heavy (non-hydrogen) atoms. The van der Waals surface area contributed by atoms with Crippen LogP contribution >= 0.6 is 0 Å². The molecule has 0 saturated carbocycles. The number of nitrogens with one attached hydrogen (secondary N) is 2. The van der Waals surface area contributed by atoms with Crippen LogP contribution in [0.15, 0.2) is 30.6 Å². The molecule has 7 heteroatoms. The van der Waals surface area contributed by atoms with E-state index in [-0.39, 0.29) is 18.2 Å². The van der Waals surface area contributed by atoms with Gasteiger partial charge in [-0.2, -0.15) is 10.1 Å². The van der Waals surface area contributed by atoms with Crippen LogP contribution in [0, 0.1) is 6.92 Å². The molecule has 1 aliphatic heterocycles. The number of nitrogens with zero attached hydrogens (tertiary/aromatic N) is 3. The molecule has 1 aromatic carbocycles. The smallest absolute Gasteiger partial charge is 0.249 e. The van der Waals surface area contributed by atoms with Gasteiger partial charge in [0, 0.05) is 5.69 Å². The Labute approximate surface area is 115 Å². The molecule has 0 unspecified atom stereocenters.